The van der Waals surface area contributed by atoms with Crippen LogP contribution in [-0.2, 0) is 16.1 Å². The fourth-order valence-corrected chi connectivity index (χ4v) is 1.82. The van der Waals surface area contributed by atoms with E-state index in [1.165, 1.54) is 0 Å². The van der Waals surface area contributed by atoms with Gasteiger partial charge in [-0.15, -0.1) is 0 Å². The smallest absolute Gasteiger partial charge is 0.288 e. The molecule has 0 bridgehead atoms. The predicted molar refractivity (Wildman–Crippen MR) is 63.2 cm³/mol. The summed E-state index contributed by atoms with van der Waals surface area (Å²) in [4.78, 5) is 11.4. The largest absolute Gasteiger partial charge is 0.369 e. The summed E-state index contributed by atoms with van der Waals surface area (Å²) >= 11 is 0.462. The Hall–Kier alpha value is -1.45. The van der Waals surface area contributed by atoms with Gasteiger partial charge in [0, 0.05) is 4.90 Å². The minimum atomic E-state index is -2.46. The van der Waals surface area contributed by atoms with E-state index in [1.807, 2.05) is 0 Å². The van der Waals surface area contributed by atoms with Crippen LogP contribution in [0.15, 0.2) is 29.2 Å². The summed E-state index contributed by atoms with van der Waals surface area (Å²) in [5, 5.41) is 8.27. The van der Waals surface area contributed by atoms with Crippen molar-refractivity contribution in [2.75, 3.05) is 6.61 Å². The number of carbonyl (C=O) groups excluding carboxylic acids is 1. The van der Waals surface area contributed by atoms with Gasteiger partial charge >= 0.3 is 0 Å². The molecule has 0 radical (unpaired) electrons. The van der Waals surface area contributed by atoms with Crippen LogP contribution in [0.5, 0.6) is 0 Å². The number of ketones is 1. The molecule has 0 saturated carbocycles. The van der Waals surface area contributed by atoms with E-state index in [2.05, 4.69) is 0 Å². The first kappa shape index (κ1) is 14.6. The number of hydrogen-bond donors (Lipinski definition) is 0. The zero-order valence-corrected chi connectivity index (χ0v) is 10.3. The second kappa shape index (κ2) is 7.80. The van der Waals surface area contributed by atoms with Crippen molar-refractivity contribution in [2.45, 2.75) is 23.7 Å². The van der Waals surface area contributed by atoms with Gasteiger partial charge < -0.3 is 4.74 Å². The summed E-state index contributed by atoms with van der Waals surface area (Å²) in [5.74, 6) is -2.76. The Labute approximate surface area is 108 Å². The van der Waals surface area contributed by atoms with Crippen molar-refractivity contribution in [1.82, 2.24) is 0 Å². The predicted octanol–water partition coefficient (Wildman–Crippen LogP) is 3.00. The summed E-state index contributed by atoms with van der Waals surface area (Å²) in [7, 11) is 0. The van der Waals surface area contributed by atoms with E-state index in [0.29, 0.717) is 22.2 Å². The molecule has 0 aliphatic carbocycles. The van der Waals surface area contributed by atoms with E-state index < -0.39 is 5.76 Å². The first-order valence-electron chi connectivity index (χ1n) is 5.12. The highest BCUT2D eigenvalue weighted by Crippen LogP contribution is 2.25. The summed E-state index contributed by atoms with van der Waals surface area (Å²) in [6.45, 7) is 0.0224. The van der Waals surface area contributed by atoms with Crippen LogP contribution in [0.2, 0.25) is 0 Å². The van der Waals surface area contributed by atoms with E-state index in [1.54, 1.807) is 30.3 Å². The van der Waals surface area contributed by atoms with Crippen molar-refractivity contribution in [2.24, 2.45) is 0 Å². The Balaban J connectivity index is 2.43. The van der Waals surface area contributed by atoms with Gasteiger partial charge in [-0.2, -0.15) is 14.0 Å². The highest BCUT2D eigenvalue weighted by Gasteiger charge is 2.06. The fraction of sp³-hybridized carbons (Fsp3) is 0.333. The SMILES string of the molecule is N#CCC(=O)COCc1cccc(SC(F)F)c1. The van der Waals surface area contributed by atoms with Crippen molar-refractivity contribution in [1.29, 1.82) is 5.26 Å². The number of thioether (sulfide) groups is 1. The number of nitriles is 1. The van der Waals surface area contributed by atoms with E-state index in [9.17, 15) is 13.6 Å². The van der Waals surface area contributed by atoms with Crippen LogP contribution in [0.3, 0.4) is 0 Å². The third-order valence-corrected chi connectivity index (χ3v) is 2.64. The summed E-state index contributed by atoms with van der Waals surface area (Å²) in [6, 6.07) is 8.28. The molecule has 0 aromatic heterocycles. The number of benzene rings is 1. The van der Waals surface area contributed by atoms with Crippen LogP contribution >= 0.6 is 11.8 Å². The van der Waals surface area contributed by atoms with E-state index in [0.717, 1.165) is 0 Å². The van der Waals surface area contributed by atoms with Crippen molar-refractivity contribution in [3.63, 3.8) is 0 Å². The lowest BCUT2D eigenvalue weighted by Gasteiger charge is -2.05. The molecule has 0 unspecified atom stereocenters. The molecule has 18 heavy (non-hydrogen) atoms. The molecule has 0 saturated heterocycles. The van der Waals surface area contributed by atoms with Crippen molar-refractivity contribution >= 4 is 17.5 Å². The van der Waals surface area contributed by atoms with Gasteiger partial charge in [0.15, 0.2) is 5.78 Å². The third-order valence-electron chi connectivity index (χ3n) is 1.93. The number of Topliss-reactive ketones (excluding diaryl/α,β-unsaturated/α-hetero) is 1. The average Bonchev–Trinajstić information content (AvgIpc) is 2.29. The molecule has 1 aromatic carbocycles. The van der Waals surface area contributed by atoms with Crippen molar-refractivity contribution < 1.29 is 18.3 Å². The average molecular weight is 271 g/mol. The van der Waals surface area contributed by atoms with E-state index in [-0.39, 0.29) is 25.4 Å². The molecule has 0 aliphatic heterocycles. The zero-order valence-electron chi connectivity index (χ0n) is 9.44. The van der Waals surface area contributed by atoms with Crippen LogP contribution < -0.4 is 0 Å². The van der Waals surface area contributed by atoms with Crippen LogP contribution in [0.4, 0.5) is 8.78 Å². The summed E-state index contributed by atoms with van der Waals surface area (Å²) in [6.07, 6.45) is -0.179. The maximum absolute atomic E-state index is 12.2. The lowest BCUT2D eigenvalue weighted by Crippen LogP contribution is -2.07. The van der Waals surface area contributed by atoms with Gasteiger partial charge in [0.1, 0.15) is 6.61 Å². The number of hydrogen-bond acceptors (Lipinski definition) is 4. The van der Waals surface area contributed by atoms with E-state index in [4.69, 9.17) is 10.00 Å². The summed E-state index contributed by atoms with van der Waals surface area (Å²) < 4.78 is 29.4. The highest BCUT2D eigenvalue weighted by molar-refractivity contribution is 7.99. The third kappa shape index (κ3) is 5.75. The number of carbonyl (C=O) groups is 1. The van der Waals surface area contributed by atoms with Crippen LogP contribution in [0, 0.1) is 11.3 Å². The number of halogens is 2. The fourth-order valence-electron chi connectivity index (χ4n) is 1.23. The molecule has 1 aromatic rings. The Morgan fingerprint density at radius 1 is 1.50 bits per heavy atom. The molecule has 6 heteroatoms. The lowest BCUT2D eigenvalue weighted by atomic mass is 10.2. The molecule has 96 valence electrons. The molecule has 0 amide bonds. The summed E-state index contributed by atoms with van der Waals surface area (Å²) in [5.41, 5.74) is 0.713. The molecule has 0 heterocycles. The van der Waals surface area contributed by atoms with Crippen LogP contribution in [0.1, 0.15) is 12.0 Å². The van der Waals surface area contributed by atoms with Crippen LogP contribution in [0.25, 0.3) is 0 Å². The van der Waals surface area contributed by atoms with Gasteiger partial charge in [0.25, 0.3) is 5.76 Å². The van der Waals surface area contributed by atoms with Gasteiger partial charge in [0.2, 0.25) is 0 Å². The lowest BCUT2D eigenvalue weighted by molar-refractivity contribution is -0.123. The van der Waals surface area contributed by atoms with Gasteiger partial charge in [-0.05, 0) is 17.7 Å². The zero-order chi connectivity index (χ0) is 13.4. The quantitative estimate of drug-likeness (QED) is 0.715. The second-order valence-corrected chi connectivity index (χ2v) is 4.46. The maximum atomic E-state index is 12.2. The van der Waals surface area contributed by atoms with Gasteiger partial charge in [-0.1, -0.05) is 23.9 Å². The molecule has 0 fully saturated rings. The Kier molecular flexibility index (Phi) is 6.33. The number of nitrogens with zero attached hydrogens (tertiary/aromatic N) is 1. The Morgan fingerprint density at radius 3 is 2.94 bits per heavy atom. The molecule has 1 rings (SSSR count). The molecule has 0 aliphatic rings. The monoisotopic (exact) mass is 271 g/mol. The molecule has 0 atom stereocenters. The second-order valence-electron chi connectivity index (χ2n) is 3.39. The molecule has 0 N–H and O–H groups in total. The van der Waals surface area contributed by atoms with Crippen molar-refractivity contribution in [3.05, 3.63) is 29.8 Å². The van der Waals surface area contributed by atoms with Crippen LogP contribution in [-0.4, -0.2) is 18.1 Å². The van der Waals surface area contributed by atoms with Crippen molar-refractivity contribution in [3.8, 4) is 6.07 Å². The Bertz CT molecular complexity index is 446. The highest BCUT2D eigenvalue weighted by atomic mass is 32.2. The number of rotatable bonds is 7. The normalized spacial score (nSPS) is 10.3. The van der Waals surface area contributed by atoms with Gasteiger partial charge in [-0.3, -0.25) is 4.79 Å². The van der Waals surface area contributed by atoms with E-state index >= 15 is 0 Å². The molecule has 0 spiro atoms. The minimum absolute atomic E-state index is 0.139. The van der Waals surface area contributed by atoms with Gasteiger partial charge in [-0.25, -0.2) is 0 Å². The minimum Gasteiger partial charge on any atom is -0.369 e. The molecular formula is C12H11F2NO2S. The number of ether oxygens (including phenoxy) is 1. The maximum Gasteiger partial charge on any atom is 0.288 e. The molecular weight excluding hydrogens is 260 g/mol. The first-order valence-corrected chi connectivity index (χ1v) is 6.00. The topological polar surface area (TPSA) is 50.1 Å². The number of alkyl halides is 2. The molecule has 3 nitrogen and oxygen atoms in total. The standard InChI is InChI=1S/C12H11F2NO2S/c13-12(14)18-11-3-1-2-9(6-11)7-17-8-10(16)4-5-15/h1-3,6,12H,4,7-8H2. The first-order chi connectivity index (χ1) is 8.61. The Morgan fingerprint density at radius 2 is 2.28 bits per heavy atom. The van der Waals surface area contributed by atoms with Gasteiger partial charge in [0.05, 0.1) is 19.1 Å².